The van der Waals surface area contributed by atoms with Crippen molar-refractivity contribution in [1.29, 1.82) is 0 Å². The maximum Gasteiger partial charge on any atom is 0.254 e. The van der Waals surface area contributed by atoms with E-state index in [1.807, 2.05) is 30.3 Å². The molecule has 5 nitrogen and oxygen atoms in total. The van der Waals surface area contributed by atoms with Crippen LogP contribution in [-0.2, 0) is 22.4 Å². The van der Waals surface area contributed by atoms with Gasteiger partial charge in [-0.2, -0.15) is 0 Å². The molecule has 2 heterocycles. The molecule has 1 saturated heterocycles. The Kier molecular flexibility index (Phi) is 5.88. The van der Waals surface area contributed by atoms with Crippen LogP contribution >= 0.6 is 11.3 Å². The number of hydrogen-bond acceptors (Lipinski definition) is 4. The number of rotatable bonds is 6. The highest BCUT2D eigenvalue weighted by Gasteiger charge is 2.28. The van der Waals surface area contributed by atoms with E-state index in [-0.39, 0.29) is 17.9 Å². The van der Waals surface area contributed by atoms with Gasteiger partial charge in [-0.05, 0) is 49.3 Å². The summed E-state index contributed by atoms with van der Waals surface area (Å²) in [7, 11) is 0. The standard InChI is InChI=1S/C22H24N2O3S/c25-19(12-11-15-6-2-1-3-7-15)24-22-20(17-9-4-10-18(17)28-22)21(26)23-14-16-8-5-13-27-16/h1-3,6-7,11-12,16H,4-5,8-10,13-14H2,(H,23,26)(H,24,25)/b12-11+. The second kappa shape index (κ2) is 8.71. The van der Waals surface area contributed by atoms with Crippen molar-refractivity contribution in [3.8, 4) is 0 Å². The first-order chi connectivity index (χ1) is 13.7. The second-order valence-electron chi connectivity index (χ2n) is 7.14. The summed E-state index contributed by atoms with van der Waals surface area (Å²) in [6, 6.07) is 9.67. The first-order valence-corrected chi connectivity index (χ1v) is 10.6. The van der Waals surface area contributed by atoms with Gasteiger partial charge in [-0.25, -0.2) is 0 Å². The maximum atomic E-state index is 12.9. The first kappa shape index (κ1) is 18.9. The normalized spacial score (nSPS) is 18.4. The van der Waals surface area contributed by atoms with Crippen molar-refractivity contribution in [2.45, 2.75) is 38.2 Å². The van der Waals surface area contributed by atoms with E-state index >= 15 is 0 Å². The number of ether oxygens (including phenoxy) is 1. The zero-order valence-electron chi connectivity index (χ0n) is 15.7. The zero-order valence-corrected chi connectivity index (χ0v) is 16.5. The molecular formula is C22H24N2O3S. The third kappa shape index (κ3) is 4.34. The minimum atomic E-state index is -0.225. The molecule has 1 aliphatic carbocycles. The molecule has 146 valence electrons. The highest BCUT2D eigenvalue weighted by atomic mass is 32.1. The van der Waals surface area contributed by atoms with Crippen LogP contribution in [0, 0.1) is 0 Å². The lowest BCUT2D eigenvalue weighted by molar-refractivity contribution is -0.111. The molecule has 0 saturated carbocycles. The average Bonchev–Trinajstić information content (AvgIpc) is 3.43. The number of carbonyl (C=O) groups is 2. The summed E-state index contributed by atoms with van der Waals surface area (Å²) < 4.78 is 5.59. The number of aryl methyl sites for hydroxylation is 1. The summed E-state index contributed by atoms with van der Waals surface area (Å²) in [5.41, 5.74) is 2.69. The highest BCUT2D eigenvalue weighted by Crippen LogP contribution is 2.39. The van der Waals surface area contributed by atoms with Gasteiger partial charge in [0.1, 0.15) is 5.00 Å². The SMILES string of the molecule is O=C(/C=C/c1ccccc1)Nc1sc2c(c1C(=O)NCC1CCCO1)CCC2. The maximum absolute atomic E-state index is 12.9. The van der Waals surface area contributed by atoms with Crippen LogP contribution in [-0.4, -0.2) is 31.1 Å². The quantitative estimate of drug-likeness (QED) is 0.730. The molecule has 4 rings (SSSR count). The summed E-state index contributed by atoms with van der Waals surface area (Å²) in [6.45, 7) is 1.29. The van der Waals surface area contributed by atoms with Crippen LogP contribution in [0.25, 0.3) is 6.08 Å². The number of anilines is 1. The van der Waals surface area contributed by atoms with Crippen molar-refractivity contribution in [2.75, 3.05) is 18.5 Å². The summed E-state index contributed by atoms with van der Waals surface area (Å²) >= 11 is 1.53. The predicted molar refractivity (Wildman–Crippen MR) is 112 cm³/mol. The molecule has 1 aromatic heterocycles. The van der Waals surface area contributed by atoms with Crippen molar-refractivity contribution in [3.05, 3.63) is 58.0 Å². The van der Waals surface area contributed by atoms with Gasteiger partial charge >= 0.3 is 0 Å². The fourth-order valence-corrected chi connectivity index (χ4v) is 5.01. The van der Waals surface area contributed by atoms with E-state index in [1.54, 1.807) is 6.08 Å². The summed E-state index contributed by atoms with van der Waals surface area (Å²) in [5.74, 6) is -0.339. The number of nitrogens with one attached hydrogen (secondary N) is 2. The third-order valence-corrected chi connectivity index (χ3v) is 6.33. The minimum absolute atomic E-state index is 0.0995. The van der Waals surface area contributed by atoms with E-state index in [0.717, 1.165) is 49.8 Å². The molecule has 0 bridgehead atoms. The third-order valence-electron chi connectivity index (χ3n) is 5.13. The molecule has 0 spiro atoms. The predicted octanol–water partition coefficient (Wildman–Crippen LogP) is 3.80. The molecule has 1 fully saturated rings. The van der Waals surface area contributed by atoms with Gasteiger partial charge in [0.05, 0.1) is 11.7 Å². The Balaban J connectivity index is 1.46. The fraction of sp³-hybridized carbons (Fsp3) is 0.364. The topological polar surface area (TPSA) is 67.4 Å². The highest BCUT2D eigenvalue weighted by molar-refractivity contribution is 7.17. The Morgan fingerprint density at radius 3 is 2.82 bits per heavy atom. The minimum Gasteiger partial charge on any atom is -0.376 e. The van der Waals surface area contributed by atoms with E-state index < -0.39 is 0 Å². The van der Waals surface area contributed by atoms with E-state index in [0.29, 0.717) is 17.1 Å². The smallest absolute Gasteiger partial charge is 0.254 e. The number of benzene rings is 1. The van der Waals surface area contributed by atoms with Crippen LogP contribution in [0.4, 0.5) is 5.00 Å². The van der Waals surface area contributed by atoms with E-state index in [4.69, 9.17) is 4.74 Å². The van der Waals surface area contributed by atoms with Crippen molar-refractivity contribution < 1.29 is 14.3 Å². The lowest BCUT2D eigenvalue weighted by atomic mass is 10.1. The van der Waals surface area contributed by atoms with Crippen LogP contribution in [0.2, 0.25) is 0 Å². The van der Waals surface area contributed by atoms with Gasteiger partial charge in [0.15, 0.2) is 0 Å². The number of hydrogen-bond donors (Lipinski definition) is 2. The van der Waals surface area contributed by atoms with Gasteiger partial charge < -0.3 is 15.4 Å². The van der Waals surface area contributed by atoms with Crippen molar-refractivity contribution in [2.24, 2.45) is 0 Å². The summed E-state index contributed by atoms with van der Waals surface area (Å²) in [5, 5.41) is 6.57. The van der Waals surface area contributed by atoms with Gasteiger partial charge in [0, 0.05) is 24.1 Å². The van der Waals surface area contributed by atoms with Crippen molar-refractivity contribution >= 4 is 34.2 Å². The second-order valence-corrected chi connectivity index (χ2v) is 8.24. The Morgan fingerprint density at radius 1 is 1.18 bits per heavy atom. The van der Waals surface area contributed by atoms with Gasteiger partial charge in [-0.15, -0.1) is 11.3 Å². The number of amides is 2. The number of carbonyl (C=O) groups excluding carboxylic acids is 2. The van der Waals surface area contributed by atoms with E-state index in [1.165, 1.54) is 22.3 Å². The van der Waals surface area contributed by atoms with E-state index in [2.05, 4.69) is 10.6 Å². The van der Waals surface area contributed by atoms with Crippen LogP contribution in [0.3, 0.4) is 0 Å². The van der Waals surface area contributed by atoms with Crippen LogP contribution < -0.4 is 10.6 Å². The monoisotopic (exact) mass is 396 g/mol. The van der Waals surface area contributed by atoms with Crippen molar-refractivity contribution in [1.82, 2.24) is 5.32 Å². The zero-order chi connectivity index (χ0) is 19.3. The van der Waals surface area contributed by atoms with Gasteiger partial charge in [-0.3, -0.25) is 9.59 Å². The van der Waals surface area contributed by atoms with Gasteiger partial charge in [0.25, 0.3) is 5.91 Å². The Labute approximate surface area is 168 Å². The average molecular weight is 397 g/mol. The molecule has 2 aliphatic rings. The summed E-state index contributed by atoms with van der Waals surface area (Å²) in [6.07, 6.45) is 8.34. The molecular weight excluding hydrogens is 372 g/mol. The Morgan fingerprint density at radius 2 is 2.04 bits per heavy atom. The van der Waals surface area contributed by atoms with E-state index in [9.17, 15) is 9.59 Å². The largest absolute Gasteiger partial charge is 0.376 e. The molecule has 1 aliphatic heterocycles. The lowest BCUT2D eigenvalue weighted by Gasteiger charge is -2.12. The molecule has 2 N–H and O–H groups in total. The van der Waals surface area contributed by atoms with Gasteiger partial charge in [0.2, 0.25) is 5.91 Å². The lowest BCUT2D eigenvalue weighted by Crippen LogP contribution is -2.32. The Hall–Kier alpha value is -2.44. The van der Waals surface area contributed by atoms with Crippen molar-refractivity contribution in [3.63, 3.8) is 0 Å². The van der Waals surface area contributed by atoms with Crippen LogP contribution in [0.5, 0.6) is 0 Å². The molecule has 1 aromatic carbocycles. The molecule has 1 atom stereocenters. The molecule has 0 radical (unpaired) electrons. The first-order valence-electron chi connectivity index (χ1n) is 9.79. The van der Waals surface area contributed by atoms with Crippen LogP contribution in [0.1, 0.15) is 45.6 Å². The molecule has 2 amide bonds. The Bertz CT molecular complexity index is 883. The molecule has 2 aromatic rings. The molecule has 28 heavy (non-hydrogen) atoms. The molecule has 6 heteroatoms. The van der Waals surface area contributed by atoms with Crippen LogP contribution in [0.15, 0.2) is 36.4 Å². The summed E-state index contributed by atoms with van der Waals surface area (Å²) in [4.78, 5) is 26.5. The number of fused-ring (bicyclic) bond motifs is 1. The fourth-order valence-electron chi connectivity index (χ4n) is 3.72. The molecule has 1 unspecified atom stereocenters. The van der Waals surface area contributed by atoms with Gasteiger partial charge in [-0.1, -0.05) is 30.3 Å². The number of thiophene rings is 1.